The van der Waals surface area contributed by atoms with Gasteiger partial charge in [-0.3, -0.25) is 4.79 Å². The lowest BCUT2D eigenvalue weighted by Gasteiger charge is -2.11. The molecule has 0 saturated carbocycles. The normalized spacial score (nSPS) is 12.3. The van der Waals surface area contributed by atoms with Crippen molar-refractivity contribution in [2.24, 2.45) is 0 Å². The summed E-state index contributed by atoms with van der Waals surface area (Å²) in [5.74, 6) is 0.830. The number of carbonyl (C=O) groups excluding carboxylic acids is 1. The lowest BCUT2D eigenvalue weighted by molar-refractivity contribution is -0.121. The van der Waals surface area contributed by atoms with Crippen molar-refractivity contribution in [2.75, 3.05) is 6.54 Å². The number of amides is 1. The Kier molecular flexibility index (Phi) is 6.94. The zero-order chi connectivity index (χ0) is 20.1. The number of halogens is 2. The highest BCUT2D eigenvalue weighted by Crippen LogP contribution is 2.24. The minimum absolute atomic E-state index is 0.0620. The van der Waals surface area contributed by atoms with Crippen LogP contribution in [0.4, 0.5) is 0 Å². The molecule has 0 fully saturated rings. The monoisotopic (exact) mass is 419 g/mol. The van der Waals surface area contributed by atoms with E-state index in [9.17, 15) is 9.90 Å². The van der Waals surface area contributed by atoms with Gasteiger partial charge in [0.25, 0.3) is 0 Å². The first-order chi connectivity index (χ1) is 13.4. The molecule has 1 atom stereocenters. The number of para-hydroxylation sites is 2. The number of hydrogen-bond acceptors (Lipinski definition) is 3. The highest BCUT2D eigenvalue weighted by atomic mass is 35.5. The molecule has 0 saturated heterocycles. The molecule has 1 aromatic heterocycles. The van der Waals surface area contributed by atoms with Crippen LogP contribution in [0.2, 0.25) is 10.0 Å². The molecule has 0 aliphatic rings. The van der Waals surface area contributed by atoms with Crippen molar-refractivity contribution in [2.45, 2.75) is 38.8 Å². The fourth-order valence-electron chi connectivity index (χ4n) is 3.06. The molecule has 2 aromatic carbocycles. The number of nitrogens with one attached hydrogen (secondary N) is 1. The Labute approximate surface area is 174 Å². The molecule has 7 heteroatoms. The van der Waals surface area contributed by atoms with Gasteiger partial charge >= 0.3 is 0 Å². The molecule has 1 amide bonds. The third-order valence-electron chi connectivity index (χ3n) is 4.52. The molecule has 1 heterocycles. The van der Waals surface area contributed by atoms with Crippen LogP contribution < -0.4 is 5.32 Å². The molecular weight excluding hydrogens is 397 g/mol. The van der Waals surface area contributed by atoms with Gasteiger partial charge in [0.1, 0.15) is 5.82 Å². The first kappa shape index (κ1) is 20.6. The second-order valence-corrected chi connectivity index (χ2v) is 7.65. The van der Waals surface area contributed by atoms with E-state index in [1.54, 1.807) is 13.0 Å². The molecule has 0 bridgehead atoms. The maximum absolute atomic E-state index is 11.9. The molecule has 3 rings (SSSR count). The van der Waals surface area contributed by atoms with Gasteiger partial charge < -0.3 is 15.0 Å². The van der Waals surface area contributed by atoms with E-state index in [0.29, 0.717) is 42.4 Å². The van der Waals surface area contributed by atoms with Crippen molar-refractivity contribution in [3.05, 3.63) is 63.9 Å². The smallest absolute Gasteiger partial charge is 0.220 e. The molecular formula is C21H23Cl2N3O2. The number of aromatic nitrogens is 2. The zero-order valence-electron chi connectivity index (χ0n) is 15.7. The van der Waals surface area contributed by atoms with E-state index < -0.39 is 6.10 Å². The van der Waals surface area contributed by atoms with Crippen LogP contribution in [0.5, 0.6) is 0 Å². The van der Waals surface area contributed by atoms with Gasteiger partial charge in [0.15, 0.2) is 0 Å². The van der Waals surface area contributed by atoms with Crippen molar-refractivity contribution in [3.8, 4) is 0 Å². The summed E-state index contributed by atoms with van der Waals surface area (Å²) in [7, 11) is 0. The van der Waals surface area contributed by atoms with E-state index in [4.69, 9.17) is 28.2 Å². The van der Waals surface area contributed by atoms with E-state index in [1.165, 1.54) is 0 Å². The van der Waals surface area contributed by atoms with Gasteiger partial charge in [-0.1, -0.05) is 41.4 Å². The summed E-state index contributed by atoms with van der Waals surface area (Å²) in [6.07, 6.45) is 0.913. The van der Waals surface area contributed by atoms with Crippen LogP contribution in [0.25, 0.3) is 11.0 Å². The van der Waals surface area contributed by atoms with Crippen LogP contribution in [0, 0.1) is 0 Å². The van der Waals surface area contributed by atoms with Crippen LogP contribution in [-0.2, 0) is 17.8 Å². The molecule has 0 aliphatic heterocycles. The number of hydrogen-bond donors (Lipinski definition) is 2. The Morgan fingerprint density at radius 2 is 2.00 bits per heavy atom. The first-order valence-corrected chi connectivity index (χ1v) is 10.0. The average Bonchev–Trinajstić information content (AvgIpc) is 3.00. The zero-order valence-corrected chi connectivity index (χ0v) is 17.2. The Bertz CT molecular complexity index is 969. The second kappa shape index (κ2) is 9.41. The maximum atomic E-state index is 11.9. The van der Waals surface area contributed by atoms with Gasteiger partial charge in [0.2, 0.25) is 5.91 Å². The number of aliphatic hydroxyl groups excluding tert-OH is 1. The summed E-state index contributed by atoms with van der Waals surface area (Å²) in [4.78, 5) is 16.6. The standard InChI is InChI=1S/C21H23Cl2N3O2/c1-14(27)6-9-21(28)24-11-10-20-25-18-4-2-3-5-19(18)26(20)13-15-7-8-16(22)17(23)12-15/h2-5,7-8,12,14,27H,6,9-11,13H2,1H3,(H,24,28)/t14-/m1/s1. The Balaban J connectivity index is 1.75. The average molecular weight is 420 g/mol. The Hall–Kier alpha value is -2.08. The summed E-state index contributed by atoms with van der Waals surface area (Å²) in [6.45, 7) is 2.78. The lowest BCUT2D eigenvalue weighted by atomic mass is 10.2. The van der Waals surface area contributed by atoms with Gasteiger partial charge in [-0.25, -0.2) is 4.98 Å². The molecule has 2 N–H and O–H groups in total. The van der Waals surface area contributed by atoms with Gasteiger partial charge in [0, 0.05) is 25.9 Å². The minimum Gasteiger partial charge on any atom is -0.393 e. The van der Waals surface area contributed by atoms with Gasteiger partial charge in [0.05, 0.1) is 27.2 Å². The maximum Gasteiger partial charge on any atom is 0.220 e. The van der Waals surface area contributed by atoms with E-state index >= 15 is 0 Å². The Morgan fingerprint density at radius 3 is 2.75 bits per heavy atom. The molecule has 28 heavy (non-hydrogen) atoms. The number of aliphatic hydroxyl groups is 1. The van der Waals surface area contributed by atoms with Gasteiger partial charge in [-0.05, 0) is 43.2 Å². The van der Waals surface area contributed by atoms with E-state index in [-0.39, 0.29) is 5.91 Å². The van der Waals surface area contributed by atoms with Crippen molar-refractivity contribution in [3.63, 3.8) is 0 Å². The summed E-state index contributed by atoms with van der Waals surface area (Å²) >= 11 is 12.2. The minimum atomic E-state index is -0.471. The topological polar surface area (TPSA) is 67.2 Å². The number of fused-ring (bicyclic) bond motifs is 1. The van der Waals surface area contributed by atoms with Crippen molar-refractivity contribution in [1.29, 1.82) is 0 Å². The van der Waals surface area contributed by atoms with Crippen LogP contribution in [0.3, 0.4) is 0 Å². The summed E-state index contributed by atoms with van der Waals surface area (Å²) in [5, 5.41) is 13.2. The van der Waals surface area contributed by atoms with Crippen LogP contribution in [0.15, 0.2) is 42.5 Å². The predicted molar refractivity (Wildman–Crippen MR) is 113 cm³/mol. The molecule has 0 unspecified atom stereocenters. The largest absolute Gasteiger partial charge is 0.393 e. The fraction of sp³-hybridized carbons (Fsp3) is 0.333. The van der Waals surface area contributed by atoms with Crippen molar-refractivity contribution < 1.29 is 9.90 Å². The highest BCUT2D eigenvalue weighted by molar-refractivity contribution is 6.42. The molecule has 0 spiro atoms. The van der Waals surface area contributed by atoms with Gasteiger partial charge in [-0.15, -0.1) is 0 Å². The Morgan fingerprint density at radius 1 is 1.21 bits per heavy atom. The van der Waals surface area contributed by atoms with Crippen molar-refractivity contribution >= 4 is 40.1 Å². The fourth-order valence-corrected chi connectivity index (χ4v) is 3.38. The quantitative estimate of drug-likeness (QED) is 0.574. The van der Waals surface area contributed by atoms with E-state index in [0.717, 1.165) is 22.4 Å². The number of rotatable bonds is 8. The van der Waals surface area contributed by atoms with E-state index in [2.05, 4.69) is 9.88 Å². The van der Waals surface area contributed by atoms with Crippen molar-refractivity contribution in [1.82, 2.24) is 14.9 Å². The van der Waals surface area contributed by atoms with E-state index in [1.807, 2.05) is 36.4 Å². The molecule has 0 radical (unpaired) electrons. The molecule has 5 nitrogen and oxygen atoms in total. The third-order valence-corrected chi connectivity index (χ3v) is 5.26. The van der Waals surface area contributed by atoms with Crippen LogP contribution in [0.1, 0.15) is 31.2 Å². The van der Waals surface area contributed by atoms with Crippen LogP contribution >= 0.6 is 23.2 Å². The summed E-state index contributed by atoms with van der Waals surface area (Å²) in [6, 6.07) is 13.6. The summed E-state index contributed by atoms with van der Waals surface area (Å²) < 4.78 is 2.14. The molecule has 3 aromatic rings. The van der Waals surface area contributed by atoms with Gasteiger partial charge in [-0.2, -0.15) is 0 Å². The summed E-state index contributed by atoms with van der Waals surface area (Å²) in [5.41, 5.74) is 2.97. The second-order valence-electron chi connectivity index (χ2n) is 6.84. The number of carbonyl (C=O) groups is 1. The van der Waals surface area contributed by atoms with Crippen LogP contribution in [-0.4, -0.2) is 33.2 Å². The molecule has 0 aliphatic carbocycles. The number of imidazole rings is 1. The third kappa shape index (κ3) is 5.25. The number of nitrogens with zero attached hydrogens (tertiary/aromatic N) is 2. The molecule has 148 valence electrons. The highest BCUT2D eigenvalue weighted by Gasteiger charge is 2.12. The predicted octanol–water partition coefficient (Wildman–Crippen LogP) is 4.21. The number of benzene rings is 2. The SMILES string of the molecule is C[C@@H](O)CCC(=O)NCCc1nc2ccccc2n1Cc1ccc(Cl)c(Cl)c1. The lowest BCUT2D eigenvalue weighted by Crippen LogP contribution is -2.27. The first-order valence-electron chi connectivity index (χ1n) is 9.27.